The lowest BCUT2D eigenvalue weighted by Gasteiger charge is -2.14. The van der Waals surface area contributed by atoms with Crippen molar-refractivity contribution in [2.24, 2.45) is 5.92 Å². The number of amides is 2. The van der Waals surface area contributed by atoms with Gasteiger partial charge in [0.15, 0.2) is 0 Å². The third-order valence-corrected chi connectivity index (χ3v) is 3.92. The summed E-state index contributed by atoms with van der Waals surface area (Å²) in [6, 6.07) is -0.504. The summed E-state index contributed by atoms with van der Waals surface area (Å²) in [5.41, 5.74) is 0. The van der Waals surface area contributed by atoms with Crippen LogP contribution in [0.15, 0.2) is 0 Å². The Hall–Kier alpha value is -1.35. The van der Waals surface area contributed by atoms with Gasteiger partial charge in [-0.05, 0) is 13.0 Å². The lowest BCUT2D eigenvalue weighted by Crippen LogP contribution is -2.41. The van der Waals surface area contributed by atoms with Gasteiger partial charge in [-0.25, -0.2) is 17.9 Å². The molecular formula is C10H21N3O5S. The van der Waals surface area contributed by atoms with Gasteiger partial charge in [-0.3, -0.25) is 4.79 Å². The van der Waals surface area contributed by atoms with Crippen LogP contribution in [-0.4, -0.2) is 51.4 Å². The highest BCUT2D eigenvalue weighted by molar-refractivity contribution is 7.89. The minimum Gasteiger partial charge on any atom is -0.481 e. The van der Waals surface area contributed by atoms with Crippen molar-refractivity contribution in [3.05, 3.63) is 0 Å². The van der Waals surface area contributed by atoms with Crippen LogP contribution in [-0.2, 0) is 14.8 Å². The first-order valence-corrected chi connectivity index (χ1v) is 7.60. The Bertz CT molecular complexity index is 396. The Morgan fingerprint density at radius 2 is 1.89 bits per heavy atom. The molecule has 0 aromatic rings. The van der Waals surface area contributed by atoms with Crippen molar-refractivity contribution in [2.45, 2.75) is 19.8 Å². The average molecular weight is 295 g/mol. The summed E-state index contributed by atoms with van der Waals surface area (Å²) in [7, 11) is -2.04. The van der Waals surface area contributed by atoms with Gasteiger partial charge in [-0.15, -0.1) is 0 Å². The summed E-state index contributed by atoms with van der Waals surface area (Å²) in [5, 5.41) is 13.5. The van der Waals surface area contributed by atoms with Crippen LogP contribution in [0.3, 0.4) is 0 Å². The highest BCUT2D eigenvalue weighted by Crippen LogP contribution is 2.06. The zero-order chi connectivity index (χ0) is 14.9. The van der Waals surface area contributed by atoms with Crippen LogP contribution < -0.4 is 15.4 Å². The number of carbonyl (C=O) groups excluding carboxylic acids is 1. The molecule has 9 heteroatoms. The largest absolute Gasteiger partial charge is 0.481 e. The molecule has 0 heterocycles. The number of nitrogens with one attached hydrogen (secondary N) is 3. The van der Waals surface area contributed by atoms with E-state index < -0.39 is 22.0 Å². The Labute approximate surface area is 113 Å². The molecule has 1 unspecified atom stereocenters. The molecule has 1 atom stereocenters. The number of sulfonamides is 1. The monoisotopic (exact) mass is 295 g/mol. The van der Waals surface area contributed by atoms with Gasteiger partial charge in [-0.1, -0.05) is 13.3 Å². The van der Waals surface area contributed by atoms with E-state index in [-0.39, 0.29) is 31.2 Å². The van der Waals surface area contributed by atoms with Gasteiger partial charge in [0.2, 0.25) is 10.0 Å². The molecule has 8 nitrogen and oxygen atoms in total. The summed E-state index contributed by atoms with van der Waals surface area (Å²) < 4.78 is 24.3. The summed E-state index contributed by atoms with van der Waals surface area (Å²) in [6.07, 6.45) is 0.631. The SMILES string of the molecule is CCC(CNC(=O)NCCS(=O)(=O)NC)CC(=O)O. The smallest absolute Gasteiger partial charge is 0.314 e. The number of hydrogen-bond donors (Lipinski definition) is 4. The summed E-state index contributed by atoms with van der Waals surface area (Å²) in [6.45, 7) is 2.07. The molecule has 0 saturated carbocycles. The molecule has 0 aromatic carbocycles. The molecule has 2 amide bonds. The fourth-order valence-electron chi connectivity index (χ4n) is 1.31. The van der Waals surface area contributed by atoms with E-state index in [2.05, 4.69) is 15.4 Å². The van der Waals surface area contributed by atoms with Crippen LogP contribution in [0.1, 0.15) is 19.8 Å². The average Bonchev–Trinajstić information content (AvgIpc) is 2.33. The maximum atomic E-state index is 11.3. The predicted molar refractivity (Wildman–Crippen MR) is 70.3 cm³/mol. The van der Waals surface area contributed by atoms with Crippen molar-refractivity contribution in [3.63, 3.8) is 0 Å². The van der Waals surface area contributed by atoms with Crippen LogP contribution in [0.2, 0.25) is 0 Å². The van der Waals surface area contributed by atoms with E-state index in [1.165, 1.54) is 7.05 Å². The maximum absolute atomic E-state index is 11.3. The summed E-state index contributed by atoms with van der Waals surface area (Å²) >= 11 is 0. The van der Waals surface area contributed by atoms with E-state index in [1.807, 2.05) is 6.92 Å². The zero-order valence-corrected chi connectivity index (χ0v) is 11.9. The zero-order valence-electron chi connectivity index (χ0n) is 11.1. The molecule has 112 valence electrons. The van der Waals surface area contributed by atoms with Crippen LogP contribution in [0.5, 0.6) is 0 Å². The van der Waals surface area contributed by atoms with Crippen LogP contribution >= 0.6 is 0 Å². The van der Waals surface area contributed by atoms with Crippen LogP contribution in [0.4, 0.5) is 4.79 Å². The number of carbonyl (C=O) groups is 2. The molecule has 19 heavy (non-hydrogen) atoms. The molecule has 0 bridgehead atoms. The van der Waals surface area contributed by atoms with E-state index in [1.54, 1.807) is 0 Å². The van der Waals surface area contributed by atoms with Crippen molar-refractivity contribution in [1.29, 1.82) is 0 Å². The van der Waals surface area contributed by atoms with Gasteiger partial charge < -0.3 is 15.7 Å². The maximum Gasteiger partial charge on any atom is 0.314 e. The summed E-state index contributed by atoms with van der Waals surface area (Å²) in [4.78, 5) is 21.9. The Morgan fingerprint density at radius 1 is 1.26 bits per heavy atom. The first-order valence-electron chi connectivity index (χ1n) is 5.95. The molecular weight excluding hydrogens is 274 g/mol. The third-order valence-electron chi connectivity index (χ3n) is 2.56. The van der Waals surface area contributed by atoms with E-state index in [9.17, 15) is 18.0 Å². The fourth-order valence-corrected chi connectivity index (χ4v) is 1.88. The van der Waals surface area contributed by atoms with Gasteiger partial charge in [-0.2, -0.15) is 0 Å². The number of carboxylic acid groups (broad SMARTS) is 1. The molecule has 0 aromatic heterocycles. The molecule has 0 aliphatic rings. The predicted octanol–water partition coefficient (Wildman–Crippen LogP) is -0.664. The minimum atomic E-state index is -3.34. The van der Waals surface area contributed by atoms with Crippen molar-refractivity contribution in [3.8, 4) is 0 Å². The van der Waals surface area contributed by atoms with E-state index in [0.29, 0.717) is 6.42 Å². The second-order valence-corrected chi connectivity index (χ2v) is 6.08. The minimum absolute atomic E-state index is 0.00901. The number of carboxylic acids is 1. The van der Waals surface area contributed by atoms with E-state index >= 15 is 0 Å². The Kier molecular flexibility index (Phi) is 8.08. The van der Waals surface area contributed by atoms with E-state index in [0.717, 1.165) is 0 Å². The van der Waals surface area contributed by atoms with Gasteiger partial charge in [0.05, 0.1) is 5.75 Å². The van der Waals surface area contributed by atoms with Crippen molar-refractivity contribution in [2.75, 3.05) is 25.9 Å². The Balaban J connectivity index is 3.89. The quantitative estimate of drug-likeness (QED) is 0.449. The topological polar surface area (TPSA) is 125 Å². The van der Waals surface area contributed by atoms with Gasteiger partial charge >= 0.3 is 12.0 Å². The molecule has 0 radical (unpaired) electrons. The van der Waals surface area contributed by atoms with Gasteiger partial charge in [0.25, 0.3) is 0 Å². The fraction of sp³-hybridized carbons (Fsp3) is 0.800. The lowest BCUT2D eigenvalue weighted by atomic mass is 10.0. The molecule has 0 rings (SSSR count). The number of urea groups is 1. The molecule has 4 N–H and O–H groups in total. The highest BCUT2D eigenvalue weighted by atomic mass is 32.2. The molecule has 0 spiro atoms. The number of aliphatic carboxylic acids is 1. The summed E-state index contributed by atoms with van der Waals surface area (Å²) in [5.74, 6) is -1.25. The van der Waals surface area contributed by atoms with Crippen LogP contribution in [0.25, 0.3) is 0 Å². The molecule has 0 aliphatic carbocycles. The Morgan fingerprint density at radius 3 is 2.37 bits per heavy atom. The molecule has 0 fully saturated rings. The van der Waals surface area contributed by atoms with E-state index in [4.69, 9.17) is 5.11 Å². The normalized spacial score (nSPS) is 12.7. The van der Waals surface area contributed by atoms with Crippen molar-refractivity contribution >= 4 is 22.0 Å². The second-order valence-electron chi connectivity index (χ2n) is 4.03. The first-order chi connectivity index (χ1) is 8.80. The number of rotatable bonds is 9. The lowest BCUT2D eigenvalue weighted by molar-refractivity contribution is -0.138. The van der Waals surface area contributed by atoms with Crippen molar-refractivity contribution < 1.29 is 23.1 Å². The second kappa shape index (κ2) is 8.70. The number of hydrogen-bond acceptors (Lipinski definition) is 4. The van der Waals surface area contributed by atoms with Gasteiger partial charge in [0.1, 0.15) is 0 Å². The third kappa shape index (κ3) is 9.25. The standard InChI is InChI=1S/C10H21N3O5S/c1-3-8(6-9(14)15)7-13-10(16)12-4-5-19(17,18)11-2/h8,11H,3-7H2,1-2H3,(H,14,15)(H2,12,13,16). The van der Waals surface area contributed by atoms with Crippen molar-refractivity contribution in [1.82, 2.24) is 15.4 Å². The van der Waals surface area contributed by atoms with Crippen LogP contribution in [0, 0.1) is 5.92 Å². The molecule has 0 saturated heterocycles. The molecule has 0 aliphatic heterocycles. The van der Waals surface area contributed by atoms with Gasteiger partial charge in [0, 0.05) is 19.5 Å². The highest BCUT2D eigenvalue weighted by Gasteiger charge is 2.13. The first kappa shape index (κ1) is 17.6.